The van der Waals surface area contributed by atoms with Gasteiger partial charge in [-0.25, -0.2) is 0 Å². The highest BCUT2D eigenvalue weighted by Crippen LogP contribution is 2.47. The summed E-state index contributed by atoms with van der Waals surface area (Å²) < 4.78 is 0. The fourth-order valence-corrected chi connectivity index (χ4v) is 6.44. The summed E-state index contributed by atoms with van der Waals surface area (Å²) in [6.45, 7) is 18.7. The highest BCUT2D eigenvalue weighted by atomic mass is 16.2. The zero-order valence-electron chi connectivity index (χ0n) is 22.6. The molecule has 0 radical (unpaired) electrons. The van der Waals surface area contributed by atoms with Crippen molar-refractivity contribution in [3.8, 4) is 0 Å². The van der Waals surface area contributed by atoms with Crippen molar-refractivity contribution < 1.29 is 4.79 Å². The Labute approximate surface area is 221 Å². The highest BCUT2D eigenvalue weighted by molar-refractivity contribution is 6.15. The first-order valence-electron chi connectivity index (χ1n) is 13.2. The first-order valence-corrected chi connectivity index (χ1v) is 13.2. The lowest BCUT2D eigenvalue weighted by Gasteiger charge is -2.13. The number of amides is 1. The van der Waals surface area contributed by atoms with E-state index in [1.807, 2.05) is 12.2 Å². The van der Waals surface area contributed by atoms with Gasteiger partial charge in [0.1, 0.15) is 0 Å². The number of carbonyl (C=O) groups is 1. The van der Waals surface area contributed by atoms with Gasteiger partial charge < -0.3 is 5.32 Å². The Morgan fingerprint density at radius 3 is 2.46 bits per heavy atom. The molecule has 2 aliphatic carbocycles. The van der Waals surface area contributed by atoms with Crippen LogP contribution in [-0.2, 0) is 11.2 Å². The molecule has 1 amide bonds. The van der Waals surface area contributed by atoms with Gasteiger partial charge >= 0.3 is 0 Å². The lowest BCUT2D eigenvalue weighted by atomic mass is 9.90. The van der Waals surface area contributed by atoms with E-state index in [1.165, 1.54) is 39.0 Å². The second-order valence-corrected chi connectivity index (χ2v) is 10.0. The van der Waals surface area contributed by atoms with E-state index in [0.29, 0.717) is 5.92 Å². The van der Waals surface area contributed by atoms with Crippen LogP contribution in [0.3, 0.4) is 0 Å². The van der Waals surface area contributed by atoms with Crippen LogP contribution < -0.4 is 5.32 Å². The molecule has 186 valence electrons. The van der Waals surface area contributed by atoms with Crippen molar-refractivity contribution in [2.75, 3.05) is 0 Å². The minimum absolute atomic E-state index is 0.0154. The summed E-state index contributed by atoms with van der Waals surface area (Å²) in [5.41, 5.74) is 16.1. The molecule has 2 heteroatoms. The lowest BCUT2D eigenvalue weighted by Crippen LogP contribution is -2.17. The van der Waals surface area contributed by atoms with Gasteiger partial charge in [0, 0.05) is 11.5 Å². The summed E-state index contributed by atoms with van der Waals surface area (Å²) in [5, 5.41) is 3.20. The number of carbonyl (C=O) groups excluding carboxylic acids is 1. The standard InChI is InChI=1S/C35H35NO/c1-8-22-17-25-18-24(14-15-30(25)27(22)10-3)34-21(7)33(35(37)36-34)28(11-4)23-13-16-31-29(12-5)26(9-2)20(6)32(31)19-23/h8-10,12-16,18-20H,1,3,11,17H2,2,4-7H3,(H,36,37)/b26-9-,29-12+,33-28-. The van der Waals surface area contributed by atoms with Crippen molar-refractivity contribution in [1.29, 1.82) is 0 Å². The van der Waals surface area contributed by atoms with Crippen molar-refractivity contribution >= 4 is 28.3 Å². The molecule has 1 unspecified atom stereocenters. The SMILES string of the molecule is C=CC1=C(C=C)c2ccc(C3=C(C)/C(=C(\CC)c4ccc5c(c4)C(C)C(=C/C)/C5=C\C)C(=O)N3)cc2C1. The first-order chi connectivity index (χ1) is 17.9. The average Bonchev–Trinajstić information content (AvgIpc) is 3.52. The molecule has 1 aliphatic heterocycles. The minimum atomic E-state index is -0.0154. The third-order valence-corrected chi connectivity index (χ3v) is 8.27. The van der Waals surface area contributed by atoms with Gasteiger partial charge in [-0.2, -0.15) is 0 Å². The van der Waals surface area contributed by atoms with E-state index in [0.717, 1.165) is 52.0 Å². The number of allylic oxidation sites excluding steroid dienone is 9. The van der Waals surface area contributed by atoms with Crippen LogP contribution in [0.15, 0.2) is 96.2 Å². The van der Waals surface area contributed by atoms with E-state index in [9.17, 15) is 4.79 Å². The lowest BCUT2D eigenvalue weighted by molar-refractivity contribution is -0.115. The van der Waals surface area contributed by atoms with Crippen LogP contribution in [0.4, 0.5) is 0 Å². The Kier molecular flexibility index (Phi) is 6.37. The molecule has 0 spiro atoms. The first kappa shape index (κ1) is 24.8. The van der Waals surface area contributed by atoms with Gasteiger partial charge in [-0.1, -0.05) is 81.6 Å². The van der Waals surface area contributed by atoms with Crippen LogP contribution >= 0.6 is 0 Å². The van der Waals surface area contributed by atoms with Crippen molar-refractivity contribution in [2.24, 2.45) is 0 Å². The Bertz CT molecular complexity index is 1530. The van der Waals surface area contributed by atoms with Crippen LogP contribution in [0.2, 0.25) is 0 Å². The molecule has 2 aromatic rings. The summed E-state index contributed by atoms with van der Waals surface area (Å²) in [6.07, 6.45) is 9.89. The number of hydrogen-bond acceptors (Lipinski definition) is 1. The molecule has 3 aliphatic rings. The van der Waals surface area contributed by atoms with Gasteiger partial charge in [-0.05, 0) is 106 Å². The monoisotopic (exact) mass is 485 g/mol. The Balaban J connectivity index is 1.59. The largest absolute Gasteiger partial charge is 0.321 e. The Morgan fingerprint density at radius 1 is 1.05 bits per heavy atom. The fourth-order valence-electron chi connectivity index (χ4n) is 6.44. The second kappa shape index (κ2) is 9.52. The van der Waals surface area contributed by atoms with E-state index in [1.54, 1.807) is 0 Å². The third kappa shape index (κ3) is 3.74. The molecule has 5 rings (SSSR count). The topological polar surface area (TPSA) is 29.1 Å². The molecular weight excluding hydrogens is 450 g/mol. The van der Waals surface area contributed by atoms with E-state index in [4.69, 9.17) is 0 Å². The Morgan fingerprint density at radius 2 is 1.81 bits per heavy atom. The third-order valence-electron chi connectivity index (χ3n) is 8.27. The quantitative estimate of drug-likeness (QED) is 0.422. The summed E-state index contributed by atoms with van der Waals surface area (Å²) in [7, 11) is 0. The van der Waals surface area contributed by atoms with Crippen molar-refractivity contribution in [2.45, 2.75) is 53.4 Å². The maximum Gasteiger partial charge on any atom is 0.256 e. The van der Waals surface area contributed by atoms with Gasteiger partial charge in [0.05, 0.1) is 5.70 Å². The summed E-state index contributed by atoms with van der Waals surface area (Å²) in [5.74, 6) is 0.332. The molecule has 0 saturated carbocycles. The van der Waals surface area contributed by atoms with Crippen molar-refractivity contribution in [3.63, 3.8) is 0 Å². The maximum atomic E-state index is 13.4. The molecule has 1 heterocycles. The predicted octanol–water partition coefficient (Wildman–Crippen LogP) is 8.56. The van der Waals surface area contributed by atoms with Crippen LogP contribution in [0.1, 0.15) is 80.3 Å². The molecule has 0 saturated heterocycles. The molecule has 0 fully saturated rings. The van der Waals surface area contributed by atoms with Gasteiger partial charge in [0.25, 0.3) is 5.91 Å². The molecular formula is C35H35NO. The maximum absolute atomic E-state index is 13.4. The van der Waals surface area contributed by atoms with E-state index in [-0.39, 0.29) is 5.91 Å². The Hall–Kier alpha value is -3.91. The zero-order chi connectivity index (χ0) is 26.4. The van der Waals surface area contributed by atoms with Crippen molar-refractivity contribution in [3.05, 3.63) is 130 Å². The second-order valence-electron chi connectivity index (χ2n) is 10.0. The van der Waals surface area contributed by atoms with Crippen LogP contribution in [0, 0.1) is 0 Å². The summed E-state index contributed by atoms with van der Waals surface area (Å²) in [6, 6.07) is 13.2. The molecule has 1 atom stereocenters. The van der Waals surface area contributed by atoms with Crippen molar-refractivity contribution in [1.82, 2.24) is 5.32 Å². The van der Waals surface area contributed by atoms with Crippen LogP contribution in [0.25, 0.3) is 22.4 Å². The summed E-state index contributed by atoms with van der Waals surface area (Å²) in [4.78, 5) is 13.4. The van der Waals surface area contributed by atoms with Gasteiger partial charge in [0.2, 0.25) is 0 Å². The molecule has 2 nitrogen and oxygen atoms in total. The van der Waals surface area contributed by atoms with Crippen LogP contribution in [-0.4, -0.2) is 5.91 Å². The van der Waals surface area contributed by atoms with Crippen LogP contribution in [0.5, 0.6) is 0 Å². The number of hydrogen-bond donors (Lipinski definition) is 1. The van der Waals surface area contributed by atoms with E-state index in [2.05, 4.69) is 102 Å². The minimum Gasteiger partial charge on any atom is -0.321 e. The fraction of sp³-hybridized carbons (Fsp3) is 0.229. The average molecular weight is 486 g/mol. The predicted molar refractivity (Wildman–Crippen MR) is 158 cm³/mol. The number of fused-ring (bicyclic) bond motifs is 2. The molecule has 0 bridgehead atoms. The molecule has 2 aromatic carbocycles. The molecule has 0 aromatic heterocycles. The number of rotatable bonds is 5. The van der Waals surface area contributed by atoms with E-state index < -0.39 is 0 Å². The zero-order valence-corrected chi connectivity index (χ0v) is 22.6. The smallest absolute Gasteiger partial charge is 0.256 e. The molecule has 37 heavy (non-hydrogen) atoms. The molecule has 1 N–H and O–H groups in total. The summed E-state index contributed by atoms with van der Waals surface area (Å²) >= 11 is 0. The highest BCUT2D eigenvalue weighted by Gasteiger charge is 2.31. The van der Waals surface area contributed by atoms with Gasteiger partial charge in [-0.15, -0.1) is 0 Å². The normalized spacial score (nSPS) is 22.1. The van der Waals surface area contributed by atoms with E-state index >= 15 is 0 Å². The van der Waals surface area contributed by atoms with Gasteiger partial charge in [-0.3, -0.25) is 4.79 Å². The number of benzene rings is 2. The van der Waals surface area contributed by atoms with Gasteiger partial charge in [0.15, 0.2) is 0 Å². The number of nitrogens with one attached hydrogen (secondary N) is 1.